The van der Waals surface area contributed by atoms with Crippen LogP contribution in [0, 0.1) is 0 Å². The summed E-state index contributed by atoms with van der Waals surface area (Å²) in [5.74, 6) is 1.71. The average Bonchev–Trinajstić information content (AvgIpc) is 4.42. The van der Waals surface area contributed by atoms with Gasteiger partial charge in [-0.1, -0.05) is 176 Å². The molecule has 0 aliphatic carbocycles. The lowest BCUT2D eigenvalue weighted by Crippen LogP contribution is -2.02. The van der Waals surface area contributed by atoms with Gasteiger partial charge in [-0.2, -0.15) is 0 Å². The Bertz CT molecular complexity index is 5200. The molecule has 0 spiro atoms. The first-order chi connectivity index (χ1) is 39.7. The van der Waals surface area contributed by atoms with Crippen LogP contribution in [0.5, 0.6) is 0 Å². The Hall–Kier alpha value is -10.9. The number of benzene rings is 12. The zero-order chi connectivity index (χ0) is 52.4. The van der Waals surface area contributed by atoms with E-state index in [0.29, 0.717) is 17.5 Å². The molecule has 0 fully saturated rings. The molecule has 17 aromatic rings. The van der Waals surface area contributed by atoms with Crippen LogP contribution in [-0.4, -0.2) is 28.7 Å². The van der Waals surface area contributed by atoms with Crippen molar-refractivity contribution in [2.75, 3.05) is 0 Å². The Morgan fingerprint density at radius 2 is 0.750 bits per heavy atom. The minimum atomic E-state index is 0.551. The van der Waals surface area contributed by atoms with Crippen molar-refractivity contribution in [1.29, 1.82) is 0 Å². The quantitative estimate of drug-likeness (QED) is 0.160. The third kappa shape index (κ3) is 6.58. The SMILES string of the molecule is c1ccc(-n2c3ccccc3c3c(-c4nc(-c5ccc(-n6c7ccccc7c7cc8ccccc8cc76)c(-c6cccc7c6oc6ccccc67)c5)nc(-c5cccc6c5c5ccccc5n6-c5ccccc5)n4)cccc32)cc1. The third-order valence-electron chi connectivity index (χ3n) is 16.3. The van der Waals surface area contributed by atoms with Crippen LogP contribution in [0.15, 0.2) is 271 Å². The lowest BCUT2D eigenvalue weighted by Gasteiger charge is -2.17. The fourth-order valence-corrected chi connectivity index (χ4v) is 12.8. The lowest BCUT2D eigenvalue weighted by molar-refractivity contribution is 0.670. The minimum absolute atomic E-state index is 0.551. The van der Waals surface area contributed by atoms with Gasteiger partial charge in [-0.3, -0.25) is 0 Å². The molecule has 7 heteroatoms. The van der Waals surface area contributed by atoms with Crippen LogP contribution in [0.25, 0.3) is 160 Å². The number of aromatic nitrogens is 6. The molecule has 5 aromatic heterocycles. The zero-order valence-corrected chi connectivity index (χ0v) is 43.0. The molecule has 12 aromatic carbocycles. The number of hydrogen-bond donors (Lipinski definition) is 0. The Labute approximate surface area is 458 Å². The van der Waals surface area contributed by atoms with Gasteiger partial charge >= 0.3 is 0 Å². The molecule has 7 nitrogen and oxygen atoms in total. The average molecular weight is 1020 g/mol. The van der Waals surface area contributed by atoms with E-state index in [4.69, 9.17) is 19.4 Å². The molecule has 80 heavy (non-hydrogen) atoms. The standard InChI is InChI=1S/C73H44N6O/c1-3-22-48(23-4-1)77-61-35-14-10-28-54(61)68-56(32-18-37-64(68)77)72-74-71(75-73(76-72)57-33-19-38-65-69(57)55-29-11-15-36-62(55)78(65)49-24-5-2-6-25-49)47-40-41-63(59(43-47)53-31-17-30-52-51-27-12-16-39-67(51)80-70(52)53)79-60-34-13-9-26-50(60)58-42-45-20-7-8-21-46(45)44-66(58)79/h1-44H. The van der Waals surface area contributed by atoms with E-state index in [0.717, 1.165) is 121 Å². The summed E-state index contributed by atoms with van der Waals surface area (Å²) in [6.07, 6.45) is 0. The Morgan fingerprint density at radius 1 is 0.275 bits per heavy atom. The predicted octanol–water partition coefficient (Wildman–Crippen LogP) is 18.9. The molecular formula is C73H44N6O. The molecule has 0 saturated carbocycles. The van der Waals surface area contributed by atoms with E-state index in [1.807, 2.05) is 6.07 Å². The van der Waals surface area contributed by atoms with E-state index in [9.17, 15) is 0 Å². The maximum atomic E-state index is 6.91. The number of rotatable bonds is 7. The molecule has 17 rings (SSSR count). The van der Waals surface area contributed by atoms with Crippen molar-refractivity contribution >= 4 is 98.1 Å². The molecular weight excluding hydrogens is 977 g/mol. The summed E-state index contributed by atoms with van der Waals surface area (Å²) < 4.78 is 14.0. The molecule has 5 heterocycles. The molecule has 372 valence electrons. The molecule has 0 bridgehead atoms. The summed E-state index contributed by atoms with van der Waals surface area (Å²) in [7, 11) is 0. The normalized spacial score (nSPS) is 12.0. The van der Waals surface area contributed by atoms with Gasteiger partial charge in [0, 0.05) is 82.3 Å². The van der Waals surface area contributed by atoms with Gasteiger partial charge < -0.3 is 18.1 Å². The molecule has 0 atom stereocenters. The van der Waals surface area contributed by atoms with Gasteiger partial charge in [0.25, 0.3) is 0 Å². The van der Waals surface area contributed by atoms with Crippen molar-refractivity contribution in [2.24, 2.45) is 0 Å². The van der Waals surface area contributed by atoms with Crippen molar-refractivity contribution in [3.8, 4) is 62.4 Å². The number of nitrogens with zero attached hydrogens (tertiary/aromatic N) is 6. The maximum absolute atomic E-state index is 6.91. The van der Waals surface area contributed by atoms with Gasteiger partial charge in [0.2, 0.25) is 0 Å². The first kappa shape index (κ1) is 44.3. The van der Waals surface area contributed by atoms with E-state index >= 15 is 0 Å². The third-order valence-corrected chi connectivity index (χ3v) is 16.3. The summed E-state index contributed by atoms with van der Waals surface area (Å²) in [5.41, 5.74) is 16.0. The summed E-state index contributed by atoms with van der Waals surface area (Å²) in [4.78, 5) is 16.9. The Balaban J connectivity index is 0.974. The number of para-hydroxylation sites is 7. The lowest BCUT2D eigenvalue weighted by atomic mass is 9.97. The highest BCUT2D eigenvalue weighted by atomic mass is 16.3. The highest BCUT2D eigenvalue weighted by Crippen LogP contribution is 2.45. The summed E-state index contributed by atoms with van der Waals surface area (Å²) in [6.45, 7) is 0. The van der Waals surface area contributed by atoms with E-state index in [1.54, 1.807) is 0 Å². The van der Waals surface area contributed by atoms with Gasteiger partial charge in [0.15, 0.2) is 17.5 Å². The Kier molecular flexibility index (Phi) is 9.58. The van der Waals surface area contributed by atoms with E-state index in [1.165, 1.54) is 21.5 Å². The van der Waals surface area contributed by atoms with Crippen molar-refractivity contribution in [1.82, 2.24) is 28.7 Å². The van der Waals surface area contributed by atoms with E-state index in [2.05, 4.69) is 275 Å². The van der Waals surface area contributed by atoms with Crippen LogP contribution in [-0.2, 0) is 0 Å². The monoisotopic (exact) mass is 1020 g/mol. The number of hydrogen-bond acceptors (Lipinski definition) is 4. The van der Waals surface area contributed by atoms with Gasteiger partial charge in [-0.15, -0.1) is 0 Å². The fourth-order valence-electron chi connectivity index (χ4n) is 12.8. The second kappa shape index (κ2) is 17.3. The Morgan fingerprint density at radius 3 is 1.39 bits per heavy atom. The van der Waals surface area contributed by atoms with Crippen LogP contribution in [0.1, 0.15) is 0 Å². The van der Waals surface area contributed by atoms with E-state index < -0.39 is 0 Å². The fraction of sp³-hybridized carbons (Fsp3) is 0. The molecule has 0 aliphatic rings. The smallest absolute Gasteiger partial charge is 0.164 e. The van der Waals surface area contributed by atoms with Crippen LogP contribution in [0.3, 0.4) is 0 Å². The van der Waals surface area contributed by atoms with Crippen LogP contribution in [0.2, 0.25) is 0 Å². The molecule has 0 amide bonds. The zero-order valence-electron chi connectivity index (χ0n) is 43.0. The minimum Gasteiger partial charge on any atom is -0.455 e. The van der Waals surface area contributed by atoms with Gasteiger partial charge in [0.1, 0.15) is 11.2 Å². The van der Waals surface area contributed by atoms with Crippen molar-refractivity contribution in [2.45, 2.75) is 0 Å². The molecule has 0 radical (unpaired) electrons. The largest absolute Gasteiger partial charge is 0.455 e. The molecule has 0 saturated heterocycles. The van der Waals surface area contributed by atoms with Gasteiger partial charge in [-0.25, -0.2) is 15.0 Å². The van der Waals surface area contributed by atoms with Crippen molar-refractivity contribution in [3.05, 3.63) is 267 Å². The first-order valence-electron chi connectivity index (χ1n) is 27.1. The maximum Gasteiger partial charge on any atom is 0.164 e. The topological polar surface area (TPSA) is 66.6 Å². The van der Waals surface area contributed by atoms with Gasteiger partial charge in [0.05, 0.1) is 38.8 Å². The number of furan rings is 1. The van der Waals surface area contributed by atoms with Gasteiger partial charge in [-0.05, 0) is 102 Å². The van der Waals surface area contributed by atoms with Crippen LogP contribution >= 0.6 is 0 Å². The summed E-state index contributed by atoms with van der Waals surface area (Å²) >= 11 is 0. The second-order valence-corrected chi connectivity index (χ2v) is 20.7. The van der Waals surface area contributed by atoms with Crippen molar-refractivity contribution in [3.63, 3.8) is 0 Å². The van der Waals surface area contributed by atoms with Crippen LogP contribution in [0.4, 0.5) is 0 Å². The summed E-state index contributed by atoms with van der Waals surface area (Å²) in [5, 5.41) is 11.2. The first-order valence-corrected chi connectivity index (χ1v) is 27.1. The second-order valence-electron chi connectivity index (χ2n) is 20.7. The highest BCUT2D eigenvalue weighted by Gasteiger charge is 2.25. The summed E-state index contributed by atoms with van der Waals surface area (Å²) in [6, 6.07) is 95.0. The van der Waals surface area contributed by atoms with Crippen LogP contribution < -0.4 is 0 Å². The molecule has 0 N–H and O–H groups in total. The highest BCUT2D eigenvalue weighted by molar-refractivity contribution is 6.18. The van der Waals surface area contributed by atoms with E-state index in [-0.39, 0.29) is 0 Å². The molecule has 0 unspecified atom stereocenters. The van der Waals surface area contributed by atoms with Crippen molar-refractivity contribution < 1.29 is 4.42 Å². The number of fused-ring (bicyclic) bond motifs is 13. The predicted molar refractivity (Wildman–Crippen MR) is 329 cm³/mol. The molecule has 0 aliphatic heterocycles.